The third-order valence-electron chi connectivity index (χ3n) is 7.00. The van der Waals surface area contributed by atoms with Gasteiger partial charge in [-0.15, -0.1) is 0 Å². The first-order valence-corrected chi connectivity index (χ1v) is 12.1. The van der Waals surface area contributed by atoms with Crippen LogP contribution in [0, 0.1) is 5.92 Å². The van der Waals surface area contributed by atoms with Crippen LogP contribution in [-0.4, -0.2) is 71.9 Å². The van der Waals surface area contributed by atoms with Gasteiger partial charge >= 0.3 is 6.03 Å². The third kappa shape index (κ3) is 5.79. The SMILES string of the molecule is CCN(CC)C(=O)[C@@H](C1CCCC1)N1CCN(C(=O)Nc2ccc(C(C)C)cc2)CC1. The van der Waals surface area contributed by atoms with Crippen LogP contribution in [0.3, 0.4) is 0 Å². The maximum absolute atomic E-state index is 13.3. The third-order valence-corrected chi connectivity index (χ3v) is 7.00. The molecule has 0 aromatic heterocycles. The molecule has 2 fully saturated rings. The molecule has 1 aromatic carbocycles. The van der Waals surface area contributed by atoms with Crippen molar-refractivity contribution >= 4 is 17.6 Å². The molecule has 1 aromatic rings. The molecular formula is C25H40N4O2. The molecule has 1 saturated carbocycles. The van der Waals surface area contributed by atoms with Crippen molar-refractivity contribution in [2.45, 2.75) is 65.3 Å². The monoisotopic (exact) mass is 428 g/mol. The number of carbonyl (C=O) groups is 2. The van der Waals surface area contributed by atoms with Crippen LogP contribution in [0.5, 0.6) is 0 Å². The molecule has 1 saturated heterocycles. The molecular weight excluding hydrogens is 388 g/mol. The summed E-state index contributed by atoms with van der Waals surface area (Å²) in [4.78, 5) is 32.3. The molecule has 6 heteroatoms. The number of amides is 3. The Labute approximate surface area is 188 Å². The molecule has 1 heterocycles. The molecule has 0 unspecified atom stereocenters. The Balaban J connectivity index is 1.59. The predicted octanol–water partition coefficient (Wildman–Crippen LogP) is 4.39. The van der Waals surface area contributed by atoms with E-state index < -0.39 is 0 Å². The number of urea groups is 1. The highest BCUT2D eigenvalue weighted by Gasteiger charge is 2.38. The van der Waals surface area contributed by atoms with Gasteiger partial charge < -0.3 is 15.1 Å². The summed E-state index contributed by atoms with van der Waals surface area (Å²) in [6.45, 7) is 12.8. The molecule has 172 valence electrons. The standard InChI is InChI=1S/C25H40N4O2/c1-5-27(6-2)24(30)23(21-9-7-8-10-21)28-15-17-29(18-16-28)25(31)26-22-13-11-20(12-14-22)19(3)4/h11-14,19,21,23H,5-10,15-18H2,1-4H3,(H,26,31)/t23-/m1/s1. The van der Waals surface area contributed by atoms with Gasteiger partial charge in [-0.1, -0.05) is 38.8 Å². The molecule has 1 N–H and O–H groups in total. The maximum atomic E-state index is 13.3. The Kier molecular flexibility index (Phi) is 8.35. The molecule has 3 rings (SSSR count). The average molecular weight is 429 g/mol. The van der Waals surface area contributed by atoms with E-state index in [2.05, 4.69) is 50.0 Å². The van der Waals surface area contributed by atoms with Crippen LogP contribution in [-0.2, 0) is 4.79 Å². The fourth-order valence-corrected chi connectivity index (χ4v) is 5.01. The van der Waals surface area contributed by atoms with Crippen LogP contribution in [0.25, 0.3) is 0 Å². The van der Waals surface area contributed by atoms with E-state index in [1.54, 1.807) is 0 Å². The van der Waals surface area contributed by atoms with Crippen molar-refractivity contribution in [2.75, 3.05) is 44.6 Å². The summed E-state index contributed by atoms with van der Waals surface area (Å²) >= 11 is 0. The van der Waals surface area contributed by atoms with Crippen LogP contribution >= 0.6 is 0 Å². The van der Waals surface area contributed by atoms with Crippen molar-refractivity contribution in [1.82, 2.24) is 14.7 Å². The quantitative estimate of drug-likeness (QED) is 0.701. The van der Waals surface area contributed by atoms with E-state index in [-0.39, 0.29) is 18.0 Å². The summed E-state index contributed by atoms with van der Waals surface area (Å²) in [5, 5.41) is 3.03. The highest BCUT2D eigenvalue weighted by atomic mass is 16.2. The molecule has 1 aliphatic carbocycles. The van der Waals surface area contributed by atoms with E-state index in [4.69, 9.17) is 0 Å². The number of nitrogens with one attached hydrogen (secondary N) is 1. The van der Waals surface area contributed by atoms with Gasteiger partial charge in [0.2, 0.25) is 5.91 Å². The van der Waals surface area contributed by atoms with Gasteiger partial charge in [-0.25, -0.2) is 4.79 Å². The van der Waals surface area contributed by atoms with E-state index in [1.165, 1.54) is 18.4 Å². The second-order valence-corrected chi connectivity index (χ2v) is 9.23. The fourth-order valence-electron chi connectivity index (χ4n) is 5.01. The predicted molar refractivity (Wildman–Crippen MR) is 126 cm³/mol. The van der Waals surface area contributed by atoms with Crippen molar-refractivity contribution in [2.24, 2.45) is 5.92 Å². The Morgan fingerprint density at radius 1 is 1.00 bits per heavy atom. The minimum Gasteiger partial charge on any atom is -0.342 e. The molecule has 0 spiro atoms. The van der Waals surface area contributed by atoms with Crippen molar-refractivity contribution in [3.05, 3.63) is 29.8 Å². The number of hydrogen-bond donors (Lipinski definition) is 1. The number of piperazine rings is 1. The molecule has 0 bridgehead atoms. The Bertz CT molecular complexity index is 716. The van der Waals surface area contributed by atoms with Crippen LogP contribution in [0.1, 0.15) is 64.9 Å². The van der Waals surface area contributed by atoms with Crippen LogP contribution < -0.4 is 5.32 Å². The first kappa shape index (κ1) is 23.6. The van der Waals surface area contributed by atoms with Gasteiger partial charge in [0.15, 0.2) is 0 Å². The van der Waals surface area contributed by atoms with E-state index in [1.807, 2.05) is 21.9 Å². The number of hydrogen-bond acceptors (Lipinski definition) is 3. The highest BCUT2D eigenvalue weighted by molar-refractivity contribution is 5.89. The zero-order chi connectivity index (χ0) is 22.4. The lowest BCUT2D eigenvalue weighted by Gasteiger charge is -2.42. The van der Waals surface area contributed by atoms with Crippen molar-refractivity contribution in [3.63, 3.8) is 0 Å². The average Bonchev–Trinajstić information content (AvgIpc) is 3.30. The largest absolute Gasteiger partial charge is 0.342 e. The first-order valence-electron chi connectivity index (χ1n) is 12.1. The van der Waals surface area contributed by atoms with Crippen LogP contribution in [0.4, 0.5) is 10.5 Å². The lowest BCUT2D eigenvalue weighted by molar-refractivity contribution is -0.139. The van der Waals surface area contributed by atoms with Gasteiger partial charge in [-0.3, -0.25) is 9.69 Å². The fraction of sp³-hybridized carbons (Fsp3) is 0.680. The lowest BCUT2D eigenvalue weighted by atomic mass is 9.94. The Morgan fingerprint density at radius 3 is 2.10 bits per heavy atom. The molecule has 3 amide bonds. The molecule has 6 nitrogen and oxygen atoms in total. The van der Waals surface area contributed by atoms with E-state index in [0.717, 1.165) is 44.7 Å². The van der Waals surface area contributed by atoms with Crippen molar-refractivity contribution in [3.8, 4) is 0 Å². The summed E-state index contributed by atoms with van der Waals surface area (Å²) < 4.78 is 0. The number of rotatable bonds is 7. The van der Waals surface area contributed by atoms with Crippen molar-refractivity contribution < 1.29 is 9.59 Å². The van der Waals surface area contributed by atoms with Gasteiger partial charge in [0.05, 0.1) is 6.04 Å². The van der Waals surface area contributed by atoms with Gasteiger partial charge in [0.25, 0.3) is 0 Å². The van der Waals surface area contributed by atoms with Crippen LogP contribution in [0.2, 0.25) is 0 Å². The van der Waals surface area contributed by atoms with Gasteiger partial charge in [0, 0.05) is 45.0 Å². The molecule has 1 aliphatic heterocycles. The maximum Gasteiger partial charge on any atom is 0.321 e. The topological polar surface area (TPSA) is 55.9 Å². The second kappa shape index (κ2) is 11.0. The molecule has 2 aliphatic rings. The van der Waals surface area contributed by atoms with Crippen molar-refractivity contribution in [1.29, 1.82) is 0 Å². The zero-order valence-electron chi connectivity index (χ0n) is 19.8. The summed E-state index contributed by atoms with van der Waals surface area (Å²) in [7, 11) is 0. The molecule has 0 radical (unpaired) electrons. The Hall–Kier alpha value is -2.08. The number of nitrogens with zero attached hydrogens (tertiary/aromatic N) is 3. The second-order valence-electron chi connectivity index (χ2n) is 9.23. The number of benzene rings is 1. The summed E-state index contributed by atoms with van der Waals surface area (Å²) in [6, 6.07) is 8.01. The number of likely N-dealkylation sites (N-methyl/N-ethyl adjacent to an activating group) is 1. The minimum absolute atomic E-state index is 0.0313. The normalized spacial score (nSPS) is 18.9. The van der Waals surface area contributed by atoms with Gasteiger partial charge in [-0.2, -0.15) is 0 Å². The van der Waals surface area contributed by atoms with E-state index in [0.29, 0.717) is 24.9 Å². The zero-order valence-corrected chi connectivity index (χ0v) is 19.8. The summed E-state index contributed by atoms with van der Waals surface area (Å²) in [5.74, 6) is 1.21. The smallest absolute Gasteiger partial charge is 0.321 e. The summed E-state index contributed by atoms with van der Waals surface area (Å²) in [5.41, 5.74) is 2.10. The molecule has 31 heavy (non-hydrogen) atoms. The van der Waals surface area contributed by atoms with Gasteiger partial charge in [0.1, 0.15) is 0 Å². The summed E-state index contributed by atoms with van der Waals surface area (Å²) in [6.07, 6.45) is 4.74. The van der Waals surface area contributed by atoms with E-state index in [9.17, 15) is 9.59 Å². The van der Waals surface area contributed by atoms with Gasteiger partial charge in [-0.05, 0) is 56.2 Å². The molecule has 1 atom stereocenters. The number of carbonyl (C=O) groups excluding carboxylic acids is 2. The van der Waals surface area contributed by atoms with Crippen LogP contribution in [0.15, 0.2) is 24.3 Å². The van der Waals surface area contributed by atoms with E-state index >= 15 is 0 Å². The first-order chi connectivity index (χ1) is 14.9. The lowest BCUT2D eigenvalue weighted by Crippen LogP contribution is -2.58. The highest BCUT2D eigenvalue weighted by Crippen LogP contribution is 2.32. The minimum atomic E-state index is -0.0515. The number of anilines is 1. The Morgan fingerprint density at radius 2 is 1.58 bits per heavy atom.